The van der Waals surface area contributed by atoms with E-state index in [2.05, 4.69) is 0 Å². The van der Waals surface area contributed by atoms with Crippen molar-refractivity contribution in [1.29, 1.82) is 0 Å². The van der Waals surface area contributed by atoms with Gasteiger partial charge < -0.3 is 0 Å². The summed E-state index contributed by atoms with van der Waals surface area (Å²) in [6.07, 6.45) is 0. The van der Waals surface area contributed by atoms with E-state index in [0.29, 0.717) is 5.56 Å². The molecule has 0 aliphatic rings. The Kier molecular flexibility index (Phi) is 3.50. The Morgan fingerprint density at radius 1 is 1.00 bits per heavy atom. The van der Waals surface area contributed by atoms with E-state index in [0.717, 1.165) is 10.8 Å². The van der Waals surface area contributed by atoms with Crippen molar-refractivity contribution in [3.8, 4) is 0 Å². The van der Waals surface area contributed by atoms with E-state index in [9.17, 15) is 4.79 Å². The summed E-state index contributed by atoms with van der Waals surface area (Å²) in [7, 11) is 0. The van der Waals surface area contributed by atoms with Crippen LogP contribution in [0.1, 0.15) is 10.4 Å². The number of hydrogen-bond acceptors (Lipinski definition) is 1. The van der Waals surface area contributed by atoms with Gasteiger partial charge in [0.25, 0.3) is 5.24 Å². The highest BCUT2D eigenvalue weighted by atomic mass is 35.5. The average molecular weight is 227 g/mol. The monoisotopic (exact) mass is 226 g/mol. The topological polar surface area (TPSA) is 17.1 Å². The van der Waals surface area contributed by atoms with Gasteiger partial charge in [0, 0.05) is 5.56 Å². The number of benzene rings is 2. The van der Waals surface area contributed by atoms with Crippen LogP contribution in [0.4, 0.5) is 0 Å². The number of halogens is 2. The number of carbonyl (C=O) groups excluding carboxylic acids is 1. The molecular formula is C11H8Cl2O. The Bertz CT molecular complexity index is 466. The fraction of sp³-hybridized carbons (Fsp3) is 0. The summed E-state index contributed by atoms with van der Waals surface area (Å²) in [6, 6.07) is 13.3. The zero-order valence-corrected chi connectivity index (χ0v) is 8.81. The van der Waals surface area contributed by atoms with Gasteiger partial charge in [0.2, 0.25) is 0 Å². The van der Waals surface area contributed by atoms with Gasteiger partial charge in [-0.25, -0.2) is 0 Å². The molecule has 0 heterocycles. The Morgan fingerprint density at radius 3 is 2.29 bits per heavy atom. The largest absolute Gasteiger partial charge is 0.276 e. The van der Waals surface area contributed by atoms with E-state index in [1.807, 2.05) is 30.3 Å². The lowest BCUT2D eigenvalue weighted by Gasteiger charge is -1.98. The molecule has 0 saturated carbocycles. The normalized spacial score (nSPS) is 9.50. The van der Waals surface area contributed by atoms with Gasteiger partial charge >= 0.3 is 0 Å². The molecule has 2 aromatic rings. The first kappa shape index (κ1) is 11.0. The van der Waals surface area contributed by atoms with E-state index in [1.165, 1.54) is 0 Å². The van der Waals surface area contributed by atoms with Crippen LogP contribution >= 0.6 is 24.0 Å². The summed E-state index contributed by atoms with van der Waals surface area (Å²) in [5.74, 6) is 0. The maximum atomic E-state index is 10.9. The molecule has 0 unspecified atom stereocenters. The zero-order valence-electron chi connectivity index (χ0n) is 7.24. The van der Waals surface area contributed by atoms with E-state index in [1.54, 1.807) is 12.1 Å². The van der Waals surface area contributed by atoms with Gasteiger partial charge in [-0.1, -0.05) is 30.3 Å². The Labute approximate surface area is 93.1 Å². The van der Waals surface area contributed by atoms with Crippen LogP contribution in [0.3, 0.4) is 0 Å². The third-order valence-electron chi connectivity index (χ3n) is 1.98. The third-order valence-corrected chi connectivity index (χ3v) is 2.19. The van der Waals surface area contributed by atoms with Crippen molar-refractivity contribution in [3.05, 3.63) is 48.0 Å². The number of carbonyl (C=O) groups is 1. The van der Waals surface area contributed by atoms with Crippen LogP contribution in [0.25, 0.3) is 10.8 Å². The van der Waals surface area contributed by atoms with Gasteiger partial charge in [-0.15, -0.1) is 12.4 Å². The molecule has 0 bridgehead atoms. The van der Waals surface area contributed by atoms with Crippen LogP contribution in [-0.4, -0.2) is 5.24 Å². The third kappa shape index (κ3) is 2.06. The van der Waals surface area contributed by atoms with E-state index in [-0.39, 0.29) is 12.4 Å². The first-order chi connectivity index (χ1) is 6.27. The highest BCUT2D eigenvalue weighted by Gasteiger charge is 2.01. The second-order valence-electron chi connectivity index (χ2n) is 2.84. The van der Waals surface area contributed by atoms with Crippen LogP contribution in [-0.2, 0) is 0 Å². The predicted octanol–water partition coefficient (Wildman–Crippen LogP) is 3.64. The van der Waals surface area contributed by atoms with Crippen LogP contribution < -0.4 is 0 Å². The van der Waals surface area contributed by atoms with Gasteiger partial charge in [0.15, 0.2) is 0 Å². The van der Waals surface area contributed by atoms with Gasteiger partial charge in [0.05, 0.1) is 0 Å². The van der Waals surface area contributed by atoms with Gasteiger partial charge in [-0.05, 0) is 34.5 Å². The van der Waals surface area contributed by atoms with Crippen LogP contribution in [0.2, 0.25) is 0 Å². The van der Waals surface area contributed by atoms with Gasteiger partial charge in [0.1, 0.15) is 0 Å². The molecule has 0 aliphatic carbocycles. The summed E-state index contributed by atoms with van der Waals surface area (Å²) in [6.45, 7) is 0. The molecule has 14 heavy (non-hydrogen) atoms. The molecule has 0 aromatic heterocycles. The first-order valence-electron chi connectivity index (χ1n) is 3.96. The second-order valence-corrected chi connectivity index (χ2v) is 3.18. The molecule has 3 heteroatoms. The molecule has 0 fully saturated rings. The van der Waals surface area contributed by atoms with E-state index in [4.69, 9.17) is 11.6 Å². The summed E-state index contributed by atoms with van der Waals surface area (Å²) in [5, 5.41) is 1.74. The summed E-state index contributed by atoms with van der Waals surface area (Å²) < 4.78 is 0. The molecule has 0 spiro atoms. The summed E-state index contributed by atoms with van der Waals surface area (Å²) >= 11 is 5.36. The van der Waals surface area contributed by atoms with Crippen molar-refractivity contribution in [1.82, 2.24) is 0 Å². The maximum absolute atomic E-state index is 10.9. The number of hydrogen-bond donors (Lipinski definition) is 0. The fourth-order valence-corrected chi connectivity index (χ4v) is 1.43. The van der Waals surface area contributed by atoms with Crippen molar-refractivity contribution in [2.24, 2.45) is 0 Å². The van der Waals surface area contributed by atoms with Crippen LogP contribution in [0.15, 0.2) is 42.5 Å². The van der Waals surface area contributed by atoms with E-state index >= 15 is 0 Å². The lowest BCUT2D eigenvalue weighted by molar-refractivity contribution is 0.108. The molecule has 1 nitrogen and oxygen atoms in total. The minimum absolute atomic E-state index is 0. The highest BCUT2D eigenvalue weighted by Crippen LogP contribution is 2.16. The fourth-order valence-electron chi connectivity index (χ4n) is 1.31. The summed E-state index contributed by atoms with van der Waals surface area (Å²) in [4.78, 5) is 10.9. The Balaban J connectivity index is 0.000000980. The molecule has 0 aliphatic heterocycles. The lowest BCUT2D eigenvalue weighted by atomic mass is 10.1. The molecule has 2 aromatic carbocycles. The molecule has 0 saturated heterocycles. The van der Waals surface area contributed by atoms with Crippen LogP contribution in [0.5, 0.6) is 0 Å². The minimum Gasteiger partial charge on any atom is -0.276 e. The standard InChI is InChI=1S/C11H7ClO.ClH/c12-11(13)10-6-5-8-3-1-2-4-9(8)7-10;/h1-7H;1H. The van der Waals surface area contributed by atoms with Crippen molar-refractivity contribution in [2.75, 3.05) is 0 Å². The second kappa shape index (κ2) is 4.45. The number of fused-ring (bicyclic) bond motifs is 1. The van der Waals surface area contributed by atoms with Crippen molar-refractivity contribution in [3.63, 3.8) is 0 Å². The molecule has 72 valence electrons. The zero-order chi connectivity index (χ0) is 9.26. The molecule has 2 rings (SSSR count). The molecular weight excluding hydrogens is 219 g/mol. The lowest BCUT2D eigenvalue weighted by Crippen LogP contribution is -1.87. The quantitative estimate of drug-likeness (QED) is 0.679. The number of rotatable bonds is 1. The first-order valence-corrected chi connectivity index (χ1v) is 4.34. The minimum atomic E-state index is -0.411. The molecule has 0 radical (unpaired) electrons. The molecule has 0 amide bonds. The Hall–Kier alpha value is -1.05. The van der Waals surface area contributed by atoms with E-state index < -0.39 is 5.24 Å². The predicted molar refractivity (Wildman–Crippen MR) is 61.4 cm³/mol. The Morgan fingerprint density at radius 2 is 1.64 bits per heavy atom. The molecule has 0 atom stereocenters. The van der Waals surface area contributed by atoms with Gasteiger partial charge in [-0.3, -0.25) is 4.79 Å². The van der Waals surface area contributed by atoms with Crippen LogP contribution in [0, 0.1) is 0 Å². The molecule has 0 N–H and O–H groups in total. The smallest absolute Gasteiger partial charge is 0.252 e. The van der Waals surface area contributed by atoms with Crippen molar-refractivity contribution < 1.29 is 4.79 Å². The van der Waals surface area contributed by atoms with Crippen molar-refractivity contribution in [2.45, 2.75) is 0 Å². The van der Waals surface area contributed by atoms with Crippen molar-refractivity contribution >= 4 is 40.0 Å². The summed E-state index contributed by atoms with van der Waals surface area (Å²) in [5.41, 5.74) is 0.542. The average Bonchev–Trinajstić information content (AvgIpc) is 2.17. The SMILES string of the molecule is Cl.O=C(Cl)c1ccc2ccccc2c1. The van der Waals surface area contributed by atoms with Gasteiger partial charge in [-0.2, -0.15) is 0 Å². The maximum Gasteiger partial charge on any atom is 0.252 e. The highest BCUT2D eigenvalue weighted by molar-refractivity contribution is 6.67.